The number of ether oxygens (including phenoxy) is 1. The number of anilines is 3. The first-order valence-corrected chi connectivity index (χ1v) is 8.94. The van der Waals surface area contributed by atoms with E-state index in [0.29, 0.717) is 5.69 Å². The molecule has 0 radical (unpaired) electrons. The number of methoxy groups -OCH3 is 1. The molecule has 1 N–H and O–H groups in total. The zero-order valence-corrected chi connectivity index (χ0v) is 15.3. The third kappa shape index (κ3) is 3.36. The molecule has 1 amide bonds. The van der Waals surface area contributed by atoms with Gasteiger partial charge in [0.25, 0.3) is 5.91 Å². The predicted molar refractivity (Wildman–Crippen MR) is 107 cm³/mol. The summed E-state index contributed by atoms with van der Waals surface area (Å²) in [6.45, 7) is 2.07. The van der Waals surface area contributed by atoms with E-state index >= 15 is 0 Å². The Labute approximate surface area is 158 Å². The van der Waals surface area contributed by atoms with Gasteiger partial charge in [-0.3, -0.25) is 4.79 Å². The molecule has 2 aromatic carbocycles. The standard InChI is InChI=1S/C22H21N3O2/c1-15-12-16-6-3-4-9-21(16)25(15)22(26)20-11-10-18(14-23-20)24-17-7-5-8-19(13-17)27-2/h3-11,13-15,24H,12H2,1-2H3. The Morgan fingerprint density at radius 1 is 1.11 bits per heavy atom. The van der Waals surface area contributed by atoms with Crippen LogP contribution in [0.25, 0.3) is 0 Å². The summed E-state index contributed by atoms with van der Waals surface area (Å²) in [5, 5.41) is 3.27. The van der Waals surface area contributed by atoms with Crippen LogP contribution in [0.15, 0.2) is 66.9 Å². The van der Waals surface area contributed by atoms with Gasteiger partial charge in [-0.15, -0.1) is 0 Å². The largest absolute Gasteiger partial charge is 0.497 e. The number of benzene rings is 2. The SMILES string of the molecule is COc1cccc(Nc2ccc(C(=O)N3c4ccccc4CC3C)nc2)c1. The van der Waals surface area contributed by atoms with Crippen LogP contribution in [0.2, 0.25) is 0 Å². The average molecular weight is 359 g/mol. The van der Waals surface area contributed by atoms with Crippen molar-refractivity contribution in [1.82, 2.24) is 4.98 Å². The number of carbonyl (C=O) groups is 1. The summed E-state index contributed by atoms with van der Waals surface area (Å²) in [4.78, 5) is 19.2. The van der Waals surface area contributed by atoms with Gasteiger partial charge in [0.15, 0.2) is 0 Å². The van der Waals surface area contributed by atoms with E-state index < -0.39 is 0 Å². The lowest BCUT2D eigenvalue weighted by Gasteiger charge is -2.22. The molecule has 0 saturated carbocycles. The molecule has 2 heterocycles. The van der Waals surface area contributed by atoms with Gasteiger partial charge in [0.05, 0.1) is 19.0 Å². The lowest BCUT2D eigenvalue weighted by molar-refractivity contribution is 0.0976. The van der Waals surface area contributed by atoms with Crippen molar-refractivity contribution in [3.05, 3.63) is 78.1 Å². The van der Waals surface area contributed by atoms with Crippen LogP contribution in [0, 0.1) is 0 Å². The van der Waals surface area contributed by atoms with Gasteiger partial charge in [-0.05, 0) is 49.2 Å². The molecule has 0 fully saturated rings. The molecule has 0 saturated heterocycles. The van der Waals surface area contributed by atoms with Crippen molar-refractivity contribution in [2.45, 2.75) is 19.4 Å². The maximum atomic E-state index is 13.0. The predicted octanol–water partition coefficient (Wildman–Crippen LogP) is 4.43. The van der Waals surface area contributed by atoms with Crippen LogP contribution in [0.4, 0.5) is 17.1 Å². The molecule has 1 aromatic heterocycles. The second-order valence-corrected chi connectivity index (χ2v) is 6.65. The highest BCUT2D eigenvalue weighted by Crippen LogP contribution is 2.33. The van der Waals surface area contributed by atoms with Crippen molar-refractivity contribution in [1.29, 1.82) is 0 Å². The van der Waals surface area contributed by atoms with E-state index in [9.17, 15) is 4.79 Å². The van der Waals surface area contributed by atoms with Gasteiger partial charge in [-0.1, -0.05) is 24.3 Å². The monoisotopic (exact) mass is 359 g/mol. The third-order valence-corrected chi connectivity index (χ3v) is 4.77. The van der Waals surface area contributed by atoms with E-state index in [0.717, 1.165) is 29.2 Å². The minimum atomic E-state index is -0.0691. The van der Waals surface area contributed by atoms with Crippen molar-refractivity contribution in [2.75, 3.05) is 17.3 Å². The van der Waals surface area contributed by atoms with E-state index in [1.54, 1.807) is 19.4 Å². The molecular weight excluding hydrogens is 338 g/mol. The number of rotatable bonds is 4. The number of hydrogen-bond acceptors (Lipinski definition) is 4. The van der Waals surface area contributed by atoms with Crippen molar-refractivity contribution >= 4 is 23.0 Å². The fraction of sp³-hybridized carbons (Fsp3) is 0.182. The first kappa shape index (κ1) is 17.1. The molecule has 1 atom stereocenters. The van der Waals surface area contributed by atoms with E-state index in [1.807, 2.05) is 53.4 Å². The van der Waals surface area contributed by atoms with Crippen molar-refractivity contribution in [3.8, 4) is 5.75 Å². The summed E-state index contributed by atoms with van der Waals surface area (Å²) < 4.78 is 5.23. The summed E-state index contributed by atoms with van der Waals surface area (Å²) in [5.74, 6) is 0.710. The summed E-state index contributed by atoms with van der Waals surface area (Å²) in [5.41, 5.74) is 4.34. The molecule has 0 spiro atoms. The number of para-hydroxylation sites is 1. The second-order valence-electron chi connectivity index (χ2n) is 6.65. The molecular formula is C22H21N3O2. The Balaban J connectivity index is 1.53. The number of pyridine rings is 1. The highest BCUT2D eigenvalue weighted by Gasteiger charge is 2.31. The molecule has 1 unspecified atom stereocenters. The molecule has 3 aromatic rings. The van der Waals surface area contributed by atoms with Gasteiger partial charge in [-0.25, -0.2) is 4.98 Å². The Morgan fingerprint density at radius 2 is 1.96 bits per heavy atom. The first-order valence-electron chi connectivity index (χ1n) is 8.94. The minimum absolute atomic E-state index is 0.0691. The lowest BCUT2D eigenvalue weighted by atomic mass is 10.1. The van der Waals surface area contributed by atoms with E-state index in [4.69, 9.17) is 4.74 Å². The molecule has 27 heavy (non-hydrogen) atoms. The van der Waals surface area contributed by atoms with Gasteiger partial charge in [0.1, 0.15) is 11.4 Å². The number of amides is 1. The summed E-state index contributed by atoms with van der Waals surface area (Å²) in [6.07, 6.45) is 2.55. The Hall–Kier alpha value is -3.34. The molecule has 0 bridgehead atoms. The zero-order valence-electron chi connectivity index (χ0n) is 15.3. The van der Waals surface area contributed by atoms with Crippen LogP contribution >= 0.6 is 0 Å². The quantitative estimate of drug-likeness (QED) is 0.749. The normalized spacial score (nSPS) is 15.3. The molecule has 5 nitrogen and oxygen atoms in total. The molecule has 1 aliphatic rings. The summed E-state index contributed by atoms with van der Waals surface area (Å²) in [6, 6.07) is 19.5. The fourth-order valence-electron chi connectivity index (χ4n) is 3.46. The van der Waals surface area contributed by atoms with Crippen LogP contribution in [-0.4, -0.2) is 24.0 Å². The summed E-state index contributed by atoms with van der Waals surface area (Å²) in [7, 11) is 1.64. The highest BCUT2D eigenvalue weighted by atomic mass is 16.5. The molecule has 136 valence electrons. The Kier molecular flexibility index (Phi) is 4.50. The van der Waals surface area contributed by atoms with Gasteiger partial charge in [-0.2, -0.15) is 0 Å². The van der Waals surface area contributed by atoms with E-state index in [1.165, 1.54) is 5.56 Å². The molecule has 4 rings (SSSR count). The third-order valence-electron chi connectivity index (χ3n) is 4.77. The van der Waals surface area contributed by atoms with Crippen LogP contribution in [0.5, 0.6) is 5.75 Å². The smallest absolute Gasteiger partial charge is 0.277 e. The Bertz CT molecular complexity index is 969. The van der Waals surface area contributed by atoms with Gasteiger partial charge < -0.3 is 15.0 Å². The molecule has 1 aliphatic heterocycles. The zero-order chi connectivity index (χ0) is 18.8. The number of aromatic nitrogens is 1. The maximum Gasteiger partial charge on any atom is 0.277 e. The van der Waals surface area contributed by atoms with Crippen LogP contribution < -0.4 is 15.0 Å². The van der Waals surface area contributed by atoms with E-state index in [-0.39, 0.29) is 11.9 Å². The van der Waals surface area contributed by atoms with E-state index in [2.05, 4.69) is 23.3 Å². The molecule has 0 aliphatic carbocycles. The lowest BCUT2D eigenvalue weighted by Crippen LogP contribution is -2.36. The number of nitrogens with one attached hydrogen (secondary N) is 1. The van der Waals surface area contributed by atoms with Gasteiger partial charge in [0.2, 0.25) is 0 Å². The van der Waals surface area contributed by atoms with Gasteiger partial charge >= 0.3 is 0 Å². The number of carbonyl (C=O) groups excluding carboxylic acids is 1. The van der Waals surface area contributed by atoms with Crippen LogP contribution in [0.3, 0.4) is 0 Å². The second kappa shape index (κ2) is 7.11. The highest BCUT2D eigenvalue weighted by molar-refractivity contribution is 6.06. The minimum Gasteiger partial charge on any atom is -0.497 e. The van der Waals surface area contributed by atoms with Crippen LogP contribution in [-0.2, 0) is 6.42 Å². The average Bonchev–Trinajstić information content (AvgIpc) is 3.04. The number of nitrogens with zero attached hydrogens (tertiary/aromatic N) is 2. The number of hydrogen-bond donors (Lipinski definition) is 1. The maximum absolute atomic E-state index is 13.0. The number of fused-ring (bicyclic) bond motifs is 1. The fourth-order valence-corrected chi connectivity index (χ4v) is 3.46. The topological polar surface area (TPSA) is 54.5 Å². The Morgan fingerprint density at radius 3 is 2.74 bits per heavy atom. The van der Waals surface area contributed by atoms with Crippen molar-refractivity contribution < 1.29 is 9.53 Å². The summed E-state index contributed by atoms with van der Waals surface area (Å²) >= 11 is 0. The van der Waals surface area contributed by atoms with Crippen molar-refractivity contribution in [2.24, 2.45) is 0 Å². The first-order chi connectivity index (χ1) is 13.2. The van der Waals surface area contributed by atoms with Gasteiger partial charge in [0, 0.05) is 23.5 Å². The molecule has 5 heteroatoms. The van der Waals surface area contributed by atoms with Crippen molar-refractivity contribution in [3.63, 3.8) is 0 Å². The van der Waals surface area contributed by atoms with Crippen LogP contribution in [0.1, 0.15) is 23.0 Å².